The van der Waals surface area contributed by atoms with Crippen LogP contribution < -0.4 is 5.32 Å². The summed E-state index contributed by atoms with van der Waals surface area (Å²) >= 11 is 1.60. The van der Waals surface area contributed by atoms with E-state index >= 15 is 0 Å². The summed E-state index contributed by atoms with van der Waals surface area (Å²) in [7, 11) is 1.80. The summed E-state index contributed by atoms with van der Waals surface area (Å²) in [5.41, 5.74) is 3.34. The van der Waals surface area contributed by atoms with Gasteiger partial charge in [-0.05, 0) is 18.1 Å². The molecule has 7 heteroatoms. The van der Waals surface area contributed by atoms with Crippen LogP contribution >= 0.6 is 11.3 Å². The largest absolute Gasteiger partial charge is 0.379 e. The van der Waals surface area contributed by atoms with E-state index in [2.05, 4.69) is 33.4 Å². The van der Waals surface area contributed by atoms with E-state index < -0.39 is 0 Å². The number of ether oxygens (including phenoxy) is 1. The van der Waals surface area contributed by atoms with Crippen molar-refractivity contribution in [1.29, 1.82) is 0 Å². The molecule has 1 saturated heterocycles. The molecule has 0 radical (unpaired) electrons. The first-order chi connectivity index (χ1) is 12.6. The molecule has 0 bridgehead atoms. The van der Waals surface area contributed by atoms with Gasteiger partial charge < -0.3 is 15.0 Å². The molecule has 1 fully saturated rings. The van der Waals surface area contributed by atoms with Gasteiger partial charge in [-0.15, -0.1) is 11.3 Å². The van der Waals surface area contributed by atoms with Crippen molar-refractivity contribution in [2.24, 2.45) is 0 Å². The van der Waals surface area contributed by atoms with E-state index in [0.717, 1.165) is 49.1 Å². The minimum Gasteiger partial charge on any atom is -0.379 e. The molecule has 1 aliphatic heterocycles. The molecule has 0 atom stereocenters. The SMILES string of the molecule is Cc1nc(CN(C)C(=O)NCc2ccccc2CN2CCOCC2)cs1. The molecule has 1 N–H and O–H groups in total. The van der Waals surface area contributed by atoms with Gasteiger partial charge in [0.05, 0.1) is 30.5 Å². The monoisotopic (exact) mass is 374 g/mol. The maximum absolute atomic E-state index is 12.4. The van der Waals surface area contributed by atoms with E-state index in [1.165, 1.54) is 5.56 Å². The van der Waals surface area contributed by atoms with Gasteiger partial charge >= 0.3 is 6.03 Å². The molecule has 2 heterocycles. The fourth-order valence-electron chi connectivity index (χ4n) is 2.99. The van der Waals surface area contributed by atoms with Crippen molar-refractivity contribution >= 4 is 17.4 Å². The van der Waals surface area contributed by atoms with Crippen LogP contribution in [0.5, 0.6) is 0 Å². The Balaban J connectivity index is 1.54. The lowest BCUT2D eigenvalue weighted by Gasteiger charge is -2.27. The number of morpholine rings is 1. The van der Waals surface area contributed by atoms with Gasteiger partial charge in [-0.25, -0.2) is 9.78 Å². The lowest BCUT2D eigenvalue weighted by atomic mass is 10.1. The second-order valence-corrected chi connectivity index (χ2v) is 7.59. The molecule has 1 aliphatic rings. The molecule has 140 valence electrons. The van der Waals surface area contributed by atoms with Gasteiger partial charge in [0.2, 0.25) is 0 Å². The summed E-state index contributed by atoms with van der Waals surface area (Å²) in [6.07, 6.45) is 0. The Morgan fingerprint density at radius 3 is 2.73 bits per heavy atom. The summed E-state index contributed by atoms with van der Waals surface area (Å²) in [6, 6.07) is 8.21. The average molecular weight is 375 g/mol. The molecule has 0 saturated carbocycles. The number of carbonyl (C=O) groups excluding carboxylic acids is 1. The third-order valence-electron chi connectivity index (χ3n) is 4.46. The van der Waals surface area contributed by atoms with Gasteiger partial charge in [-0.2, -0.15) is 0 Å². The maximum Gasteiger partial charge on any atom is 0.317 e. The number of benzene rings is 1. The number of hydrogen-bond donors (Lipinski definition) is 1. The fourth-order valence-corrected chi connectivity index (χ4v) is 3.59. The molecular formula is C19H26N4O2S. The number of urea groups is 1. The predicted molar refractivity (Wildman–Crippen MR) is 103 cm³/mol. The van der Waals surface area contributed by atoms with Crippen LogP contribution in [0.1, 0.15) is 21.8 Å². The van der Waals surface area contributed by atoms with Crippen LogP contribution in [0.2, 0.25) is 0 Å². The van der Waals surface area contributed by atoms with E-state index in [-0.39, 0.29) is 6.03 Å². The summed E-state index contributed by atoms with van der Waals surface area (Å²) < 4.78 is 5.41. The van der Waals surface area contributed by atoms with Crippen LogP contribution in [0.3, 0.4) is 0 Å². The Bertz CT molecular complexity index is 728. The summed E-state index contributed by atoms with van der Waals surface area (Å²) in [6.45, 7) is 7.40. The van der Waals surface area contributed by atoms with Crippen LogP contribution in [0.4, 0.5) is 4.79 Å². The normalized spacial score (nSPS) is 15.0. The second kappa shape index (κ2) is 9.12. The lowest BCUT2D eigenvalue weighted by molar-refractivity contribution is 0.0341. The van der Waals surface area contributed by atoms with Crippen LogP contribution in [-0.2, 0) is 24.4 Å². The van der Waals surface area contributed by atoms with Gasteiger partial charge in [-0.1, -0.05) is 24.3 Å². The Morgan fingerprint density at radius 1 is 1.31 bits per heavy atom. The van der Waals surface area contributed by atoms with E-state index in [1.807, 2.05) is 18.4 Å². The average Bonchev–Trinajstić information content (AvgIpc) is 3.06. The van der Waals surface area contributed by atoms with E-state index in [9.17, 15) is 4.79 Å². The van der Waals surface area contributed by atoms with Gasteiger partial charge in [0.15, 0.2) is 0 Å². The highest BCUT2D eigenvalue weighted by Gasteiger charge is 2.14. The van der Waals surface area contributed by atoms with E-state index in [1.54, 1.807) is 23.3 Å². The molecule has 1 aromatic carbocycles. The molecule has 0 aliphatic carbocycles. The second-order valence-electron chi connectivity index (χ2n) is 6.53. The zero-order valence-electron chi connectivity index (χ0n) is 15.4. The first-order valence-electron chi connectivity index (χ1n) is 8.88. The summed E-state index contributed by atoms with van der Waals surface area (Å²) in [4.78, 5) is 20.9. The molecule has 26 heavy (non-hydrogen) atoms. The lowest BCUT2D eigenvalue weighted by Crippen LogP contribution is -2.37. The number of amides is 2. The molecule has 0 spiro atoms. The van der Waals surface area contributed by atoms with Crippen molar-refractivity contribution < 1.29 is 9.53 Å². The van der Waals surface area contributed by atoms with Gasteiger partial charge in [0.25, 0.3) is 0 Å². The summed E-state index contributed by atoms with van der Waals surface area (Å²) in [5, 5.41) is 6.04. The van der Waals surface area contributed by atoms with Crippen molar-refractivity contribution in [2.45, 2.75) is 26.6 Å². The Labute approximate surface area is 158 Å². The Morgan fingerprint density at radius 2 is 2.04 bits per heavy atom. The quantitative estimate of drug-likeness (QED) is 0.844. The highest BCUT2D eigenvalue weighted by molar-refractivity contribution is 7.09. The van der Waals surface area contributed by atoms with Crippen molar-refractivity contribution in [1.82, 2.24) is 20.1 Å². The Hall–Kier alpha value is -1.96. The predicted octanol–water partition coefficient (Wildman–Crippen LogP) is 2.63. The molecule has 0 unspecified atom stereocenters. The number of carbonyl (C=O) groups is 1. The first kappa shape index (κ1) is 18.8. The molecule has 3 rings (SSSR count). The van der Waals surface area contributed by atoms with Gasteiger partial charge in [-0.3, -0.25) is 4.90 Å². The van der Waals surface area contributed by atoms with E-state index in [4.69, 9.17) is 4.74 Å². The Kier molecular flexibility index (Phi) is 6.60. The molecule has 2 aromatic rings. The van der Waals surface area contributed by atoms with Crippen LogP contribution in [-0.4, -0.2) is 54.2 Å². The molecular weight excluding hydrogens is 348 g/mol. The number of nitrogens with one attached hydrogen (secondary N) is 1. The summed E-state index contributed by atoms with van der Waals surface area (Å²) in [5.74, 6) is 0. The van der Waals surface area contributed by atoms with Crippen LogP contribution in [0.15, 0.2) is 29.6 Å². The zero-order chi connectivity index (χ0) is 18.4. The van der Waals surface area contributed by atoms with Gasteiger partial charge in [0, 0.05) is 38.6 Å². The number of rotatable bonds is 6. The minimum atomic E-state index is -0.0863. The highest BCUT2D eigenvalue weighted by Crippen LogP contribution is 2.14. The van der Waals surface area contributed by atoms with Crippen molar-refractivity contribution in [3.8, 4) is 0 Å². The third-order valence-corrected chi connectivity index (χ3v) is 5.28. The molecule has 6 nitrogen and oxygen atoms in total. The first-order valence-corrected chi connectivity index (χ1v) is 9.76. The number of nitrogens with zero attached hydrogens (tertiary/aromatic N) is 3. The number of aryl methyl sites for hydroxylation is 1. The van der Waals surface area contributed by atoms with Crippen LogP contribution in [0, 0.1) is 6.92 Å². The zero-order valence-corrected chi connectivity index (χ0v) is 16.2. The number of aromatic nitrogens is 1. The van der Waals surface area contributed by atoms with E-state index in [0.29, 0.717) is 13.1 Å². The fraction of sp³-hybridized carbons (Fsp3) is 0.474. The number of hydrogen-bond acceptors (Lipinski definition) is 5. The smallest absolute Gasteiger partial charge is 0.317 e. The highest BCUT2D eigenvalue weighted by atomic mass is 32.1. The van der Waals surface area contributed by atoms with Gasteiger partial charge in [0.1, 0.15) is 0 Å². The molecule has 1 aromatic heterocycles. The van der Waals surface area contributed by atoms with Crippen molar-refractivity contribution in [2.75, 3.05) is 33.4 Å². The maximum atomic E-state index is 12.4. The van der Waals surface area contributed by atoms with Crippen molar-refractivity contribution in [3.05, 3.63) is 51.5 Å². The third kappa shape index (κ3) is 5.27. The van der Waals surface area contributed by atoms with Crippen LogP contribution in [0.25, 0.3) is 0 Å². The number of thiazole rings is 1. The minimum absolute atomic E-state index is 0.0863. The standard InChI is InChI=1S/C19H26N4O2S/c1-15-21-18(14-26-15)13-22(2)19(24)20-11-16-5-3-4-6-17(16)12-23-7-9-25-10-8-23/h3-6,14H,7-13H2,1-2H3,(H,20,24). The molecule has 2 amide bonds. The van der Waals surface area contributed by atoms with Crippen molar-refractivity contribution in [3.63, 3.8) is 0 Å². The topological polar surface area (TPSA) is 57.7 Å².